The average molecular weight is 372 g/mol. The number of aromatic nitrogens is 3. The Bertz CT molecular complexity index is 893. The van der Waals surface area contributed by atoms with E-state index in [1.807, 2.05) is 29.0 Å². The Hall–Kier alpha value is -2.29. The molecule has 4 rings (SSSR count). The lowest BCUT2D eigenvalue weighted by molar-refractivity contribution is -0.0611. The van der Waals surface area contributed by atoms with Gasteiger partial charge in [-0.05, 0) is 25.5 Å². The summed E-state index contributed by atoms with van der Waals surface area (Å²) < 4.78 is 13.4. The van der Waals surface area contributed by atoms with Crippen LogP contribution in [0.5, 0.6) is 0 Å². The number of aryl methyl sites for hydroxylation is 1. The monoisotopic (exact) mass is 372 g/mol. The number of fused-ring (bicyclic) bond motifs is 1. The van der Waals surface area contributed by atoms with Gasteiger partial charge in [-0.1, -0.05) is 0 Å². The van der Waals surface area contributed by atoms with Crippen LogP contribution < -0.4 is 5.32 Å². The summed E-state index contributed by atoms with van der Waals surface area (Å²) in [5.74, 6) is -0.143. The Labute approximate surface area is 155 Å². The second-order valence-electron chi connectivity index (χ2n) is 6.34. The maximum absolute atomic E-state index is 12.7. The SMILES string of the molecule is Cc1cn2cc(C(=O)N[C@@H]3COCC[C@@H]3OCc3cscn3)ccc2n1. The van der Waals surface area contributed by atoms with Crippen molar-refractivity contribution in [2.75, 3.05) is 13.2 Å². The van der Waals surface area contributed by atoms with Crippen molar-refractivity contribution in [1.82, 2.24) is 19.7 Å². The molecule has 2 atom stereocenters. The fourth-order valence-corrected chi connectivity index (χ4v) is 3.60. The molecule has 0 aliphatic carbocycles. The smallest absolute Gasteiger partial charge is 0.253 e. The van der Waals surface area contributed by atoms with Gasteiger partial charge in [0.2, 0.25) is 0 Å². The minimum Gasteiger partial charge on any atom is -0.379 e. The van der Waals surface area contributed by atoms with Crippen molar-refractivity contribution < 1.29 is 14.3 Å². The van der Waals surface area contributed by atoms with Gasteiger partial charge in [0.25, 0.3) is 5.91 Å². The van der Waals surface area contributed by atoms with Crippen molar-refractivity contribution >= 4 is 22.9 Å². The number of amides is 1. The molecule has 0 aromatic carbocycles. The van der Waals surface area contributed by atoms with Gasteiger partial charge in [0.05, 0.1) is 47.8 Å². The van der Waals surface area contributed by atoms with E-state index in [4.69, 9.17) is 9.47 Å². The summed E-state index contributed by atoms with van der Waals surface area (Å²) in [6.45, 7) is 3.45. The first-order valence-corrected chi connectivity index (χ1v) is 9.46. The van der Waals surface area contributed by atoms with Crippen molar-refractivity contribution in [3.63, 3.8) is 0 Å². The first-order chi connectivity index (χ1) is 12.7. The van der Waals surface area contributed by atoms with Crippen molar-refractivity contribution in [1.29, 1.82) is 0 Å². The second-order valence-corrected chi connectivity index (χ2v) is 7.06. The topological polar surface area (TPSA) is 77.8 Å². The van der Waals surface area contributed by atoms with Crippen LogP contribution in [0.2, 0.25) is 0 Å². The predicted octanol–water partition coefficient (Wildman–Crippen LogP) is 2.20. The minimum absolute atomic E-state index is 0.0892. The van der Waals surface area contributed by atoms with Crippen LogP contribution in [0.3, 0.4) is 0 Å². The number of hydrogen-bond donors (Lipinski definition) is 1. The average Bonchev–Trinajstić information content (AvgIpc) is 3.28. The molecular formula is C18H20N4O3S. The lowest BCUT2D eigenvalue weighted by atomic mass is 10.1. The largest absolute Gasteiger partial charge is 0.379 e. The summed E-state index contributed by atoms with van der Waals surface area (Å²) in [6.07, 6.45) is 4.35. The quantitative estimate of drug-likeness (QED) is 0.743. The van der Waals surface area contributed by atoms with Crippen LogP contribution in [-0.4, -0.2) is 45.6 Å². The van der Waals surface area contributed by atoms with Gasteiger partial charge in [0, 0.05) is 24.4 Å². The molecule has 1 saturated heterocycles. The molecule has 0 spiro atoms. The highest BCUT2D eigenvalue weighted by Crippen LogP contribution is 2.16. The van der Waals surface area contributed by atoms with Crippen LogP contribution in [-0.2, 0) is 16.1 Å². The number of nitrogens with one attached hydrogen (secondary N) is 1. The van der Waals surface area contributed by atoms with E-state index in [9.17, 15) is 4.79 Å². The molecule has 26 heavy (non-hydrogen) atoms. The lowest BCUT2D eigenvalue weighted by Gasteiger charge is -2.32. The number of pyridine rings is 1. The minimum atomic E-state index is -0.185. The summed E-state index contributed by atoms with van der Waals surface area (Å²) in [7, 11) is 0. The third-order valence-electron chi connectivity index (χ3n) is 4.37. The third kappa shape index (κ3) is 3.77. The molecule has 136 valence electrons. The summed E-state index contributed by atoms with van der Waals surface area (Å²) in [4.78, 5) is 21.3. The molecule has 1 aliphatic rings. The molecule has 8 heteroatoms. The summed E-state index contributed by atoms with van der Waals surface area (Å²) in [6, 6.07) is 3.44. The summed E-state index contributed by atoms with van der Waals surface area (Å²) in [5, 5.41) is 5.01. The van der Waals surface area contributed by atoms with E-state index in [1.165, 1.54) is 0 Å². The van der Waals surface area contributed by atoms with Crippen molar-refractivity contribution in [2.24, 2.45) is 0 Å². The van der Waals surface area contributed by atoms with Gasteiger partial charge in [-0.15, -0.1) is 11.3 Å². The van der Waals surface area contributed by atoms with Crippen LogP contribution in [0.15, 0.2) is 35.4 Å². The number of imidazole rings is 1. The highest BCUT2D eigenvalue weighted by molar-refractivity contribution is 7.07. The van der Waals surface area contributed by atoms with E-state index in [0.717, 1.165) is 23.5 Å². The lowest BCUT2D eigenvalue weighted by Crippen LogP contribution is -2.50. The number of ether oxygens (including phenoxy) is 2. The maximum Gasteiger partial charge on any atom is 0.253 e. The van der Waals surface area contributed by atoms with Crippen LogP contribution in [0.25, 0.3) is 5.65 Å². The Morgan fingerprint density at radius 3 is 3.23 bits per heavy atom. The predicted molar refractivity (Wildman–Crippen MR) is 97.3 cm³/mol. The third-order valence-corrected chi connectivity index (χ3v) is 5.01. The Balaban J connectivity index is 1.43. The van der Waals surface area contributed by atoms with Crippen LogP contribution in [0.1, 0.15) is 28.2 Å². The van der Waals surface area contributed by atoms with E-state index in [-0.39, 0.29) is 18.1 Å². The molecule has 1 amide bonds. The molecule has 0 unspecified atom stereocenters. The first-order valence-electron chi connectivity index (χ1n) is 8.52. The van der Waals surface area contributed by atoms with Gasteiger partial charge in [-0.3, -0.25) is 4.79 Å². The zero-order chi connectivity index (χ0) is 17.9. The highest BCUT2D eigenvalue weighted by atomic mass is 32.1. The first kappa shape index (κ1) is 17.1. The van der Waals surface area contributed by atoms with E-state index in [1.54, 1.807) is 29.1 Å². The molecule has 0 radical (unpaired) electrons. The highest BCUT2D eigenvalue weighted by Gasteiger charge is 2.28. The van der Waals surface area contributed by atoms with Crippen LogP contribution >= 0.6 is 11.3 Å². The number of thiazole rings is 1. The standard InChI is InChI=1S/C18H20N4O3S/c1-12-6-22-7-13(2-3-17(22)20-12)18(23)21-15-9-24-5-4-16(15)25-8-14-10-26-11-19-14/h2-3,6-7,10-11,15-16H,4-5,8-9H2,1H3,(H,21,23)/t15-,16+/m1/s1. The van der Waals surface area contributed by atoms with Gasteiger partial charge in [0.1, 0.15) is 5.65 Å². The van der Waals surface area contributed by atoms with E-state index in [2.05, 4.69) is 15.3 Å². The van der Waals surface area contributed by atoms with Crippen LogP contribution in [0, 0.1) is 6.92 Å². The molecule has 4 heterocycles. The Morgan fingerprint density at radius 2 is 2.38 bits per heavy atom. The zero-order valence-electron chi connectivity index (χ0n) is 14.4. The number of rotatable bonds is 5. The zero-order valence-corrected chi connectivity index (χ0v) is 15.2. The Morgan fingerprint density at radius 1 is 1.46 bits per heavy atom. The van der Waals surface area contributed by atoms with Gasteiger partial charge >= 0.3 is 0 Å². The van der Waals surface area contributed by atoms with E-state index >= 15 is 0 Å². The Kier molecular flexibility index (Phi) is 4.96. The van der Waals surface area contributed by atoms with Crippen LogP contribution in [0.4, 0.5) is 0 Å². The molecule has 1 aliphatic heterocycles. The van der Waals surface area contributed by atoms with Gasteiger partial charge < -0.3 is 19.2 Å². The number of nitrogens with zero attached hydrogens (tertiary/aromatic N) is 3. The van der Waals surface area contributed by atoms with Crippen molar-refractivity contribution in [3.8, 4) is 0 Å². The normalized spacial score (nSPS) is 20.3. The van der Waals surface area contributed by atoms with Crippen molar-refractivity contribution in [2.45, 2.75) is 32.1 Å². The molecule has 0 bridgehead atoms. The van der Waals surface area contributed by atoms with Gasteiger partial charge in [-0.2, -0.15) is 0 Å². The molecule has 3 aromatic rings. The molecule has 7 nitrogen and oxygen atoms in total. The summed E-state index contributed by atoms with van der Waals surface area (Å²) >= 11 is 1.54. The molecule has 0 saturated carbocycles. The van der Waals surface area contributed by atoms with Crippen molar-refractivity contribution in [3.05, 3.63) is 52.4 Å². The van der Waals surface area contributed by atoms with E-state index < -0.39 is 0 Å². The van der Waals surface area contributed by atoms with E-state index in [0.29, 0.717) is 25.4 Å². The fourth-order valence-electron chi connectivity index (χ4n) is 3.06. The molecule has 3 aromatic heterocycles. The van der Waals surface area contributed by atoms with Gasteiger partial charge in [0.15, 0.2) is 0 Å². The number of carbonyl (C=O) groups is 1. The van der Waals surface area contributed by atoms with Gasteiger partial charge in [-0.25, -0.2) is 9.97 Å². The maximum atomic E-state index is 12.7. The number of carbonyl (C=O) groups excluding carboxylic acids is 1. The number of hydrogen-bond acceptors (Lipinski definition) is 6. The fraction of sp³-hybridized carbons (Fsp3) is 0.389. The summed E-state index contributed by atoms with van der Waals surface area (Å²) in [5.41, 5.74) is 5.02. The molecular weight excluding hydrogens is 352 g/mol. The second kappa shape index (κ2) is 7.53. The molecule has 1 fully saturated rings. The molecule has 1 N–H and O–H groups in total.